The average molecular weight is 277 g/mol. The van der Waals surface area contributed by atoms with E-state index < -0.39 is 17.6 Å². The van der Waals surface area contributed by atoms with Gasteiger partial charge in [-0.15, -0.1) is 0 Å². The SMILES string of the molecule is CCNc1nc(F)c(F)c(N2CCSCC2)c1F. The van der Waals surface area contributed by atoms with Crippen LogP contribution in [0, 0.1) is 17.6 Å². The zero-order valence-electron chi connectivity index (χ0n) is 9.97. The number of nitrogens with zero attached hydrogens (tertiary/aromatic N) is 2. The molecular weight excluding hydrogens is 263 g/mol. The van der Waals surface area contributed by atoms with E-state index in [9.17, 15) is 13.2 Å². The molecule has 3 nitrogen and oxygen atoms in total. The smallest absolute Gasteiger partial charge is 0.253 e. The van der Waals surface area contributed by atoms with Gasteiger partial charge in [0.25, 0.3) is 5.95 Å². The summed E-state index contributed by atoms with van der Waals surface area (Å²) in [7, 11) is 0. The molecule has 2 rings (SSSR count). The van der Waals surface area contributed by atoms with Crippen molar-refractivity contribution in [3.63, 3.8) is 0 Å². The van der Waals surface area contributed by atoms with Crippen LogP contribution < -0.4 is 10.2 Å². The third-order valence-electron chi connectivity index (χ3n) is 2.69. The van der Waals surface area contributed by atoms with Crippen LogP contribution in [0.5, 0.6) is 0 Å². The fourth-order valence-electron chi connectivity index (χ4n) is 1.85. The lowest BCUT2D eigenvalue weighted by Crippen LogP contribution is -2.34. The van der Waals surface area contributed by atoms with Gasteiger partial charge in [0, 0.05) is 31.1 Å². The molecular formula is C11H14F3N3S. The first kappa shape index (κ1) is 13.3. The Morgan fingerprint density at radius 1 is 1.22 bits per heavy atom. The normalized spacial score (nSPS) is 15.9. The Kier molecular flexibility index (Phi) is 4.21. The number of anilines is 2. The van der Waals surface area contributed by atoms with Crippen LogP contribution in [0.3, 0.4) is 0 Å². The molecule has 7 heteroatoms. The van der Waals surface area contributed by atoms with Crippen molar-refractivity contribution in [3.05, 3.63) is 17.6 Å². The molecule has 0 bridgehead atoms. The van der Waals surface area contributed by atoms with Gasteiger partial charge in [-0.25, -0.2) is 4.39 Å². The maximum Gasteiger partial charge on any atom is 0.253 e. The Balaban J connectivity index is 2.42. The van der Waals surface area contributed by atoms with Crippen LogP contribution in [0.4, 0.5) is 24.7 Å². The van der Waals surface area contributed by atoms with Gasteiger partial charge in [0.2, 0.25) is 5.82 Å². The van der Waals surface area contributed by atoms with Crippen LogP contribution >= 0.6 is 11.8 Å². The van der Waals surface area contributed by atoms with E-state index in [1.807, 2.05) is 0 Å². The number of pyridine rings is 1. The Hall–Kier alpha value is -1.11. The molecule has 0 aromatic carbocycles. The second-order valence-electron chi connectivity index (χ2n) is 3.86. The fraction of sp³-hybridized carbons (Fsp3) is 0.545. The predicted octanol–water partition coefficient (Wildman–Crippen LogP) is 2.48. The highest BCUT2D eigenvalue weighted by Crippen LogP contribution is 2.30. The summed E-state index contributed by atoms with van der Waals surface area (Å²) in [4.78, 5) is 4.79. The highest BCUT2D eigenvalue weighted by atomic mass is 32.2. The lowest BCUT2D eigenvalue weighted by Gasteiger charge is -2.29. The molecule has 2 heterocycles. The van der Waals surface area contributed by atoms with Gasteiger partial charge in [-0.05, 0) is 6.92 Å². The first-order valence-corrected chi connectivity index (χ1v) is 6.91. The number of hydrogen-bond acceptors (Lipinski definition) is 4. The van der Waals surface area contributed by atoms with Crippen LogP contribution in [-0.4, -0.2) is 36.1 Å². The highest BCUT2D eigenvalue weighted by Gasteiger charge is 2.25. The van der Waals surface area contributed by atoms with Crippen molar-refractivity contribution < 1.29 is 13.2 Å². The van der Waals surface area contributed by atoms with E-state index in [0.717, 1.165) is 11.5 Å². The van der Waals surface area contributed by atoms with Gasteiger partial charge < -0.3 is 10.2 Å². The molecule has 1 aliphatic heterocycles. The minimum Gasteiger partial charge on any atom is -0.368 e. The molecule has 0 spiro atoms. The van der Waals surface area contributed by atoms with E-state index in [4.69, 9.17) is 0 Å². The zero-order chi connectivity index (χ0) is 13.1. The standard InChI is InChI=1S/C11H14F3N3S/c1-2-15-11-8(13)9(7(12)10(14)16-11)17-3-5-18-6-4-17/h2-6H2,1H3,(H,15,16). The summed E-state index contributed by atoms with van der Waals surface area (Å²) in [5.74, 6) is -1.97. The van der Waals surface area contributed by atoms with E-state index in [1.54, 1.807) is 18.7 Å². The van der Waals surface area contributed by atoms with Crippen LogP contribution in [0.25, 0.3) is 0 Å². The van der Waals surface area contributed by atoms with E-state index in [-0.39, 0.29) is 11.5 Å². The van der Waals surface area contributed by atoms with Crippen molar-refractivity contribution in [2.24, 2.45) is 0 Å². The second-order valence-corrected chi connectivity index (χ2v) is 5.08. The van der Waals surface area contributed by atoms with Crippen LogP contribution in [-0.2, 0) is 0 Å². The van der Waals surface area contributed by atoms with Gasteiger partial charge in [-0.3, -0.25) is 0 Å². The minimum atomic E-state index is -1.26. The van der Waals surface area contributed by atoms with Crippen LogP contribution in [0.15, 0.2) is 0 Å². The molecule has 1 aromatic heterocycles. The summed E-state index contributed by atoms with van der Waals surface area (Å²) in [6, 6.07) is 0. The molecule has 1 N–H and O–H groups in total. The Bertz CT molecular complexity index is 436. The average Bonchev–Trinajstić information content (AvgIpc) is 2.38. The van der Waals surface area contributed by atoms with Crippen molar-refractivity contribution >= 4 is 23.3 Å². The van der Waals surface area contributed by atoms with Crippen molar-refractivity contribution in [1.29, 1.82) is 0 Å². The maximum absolute atomic E-state index is 14.1. The first-order chi connectivity index (χ1) is 8.65. The predicted molar refractivity (Wildman–Crippen MR) is 67.8 cm³/mol. The molecule has 100 valence electrons. The summed E-state index contributed by atoms with van der Waals surface area (Å²) in [5.41, 5.74) is -0.307. The summed E-state index contributed by atoms with van der Waals surface area (Å²) < 4.78 is 41.2. The third kappa shape index (κ3) is 2.50. The molecule has 1 aliphatic rings. The van der Waals surface area contributed by atoms with E-state index in [2.05, 4.69) is 10.3 Å². The number of hydrogen-bond donors (Lipinski definition) is 1. The monoisotopic (exact) mass is 277 g/mol. The Morgan fingerprint density at radius 3 is 2.50 bits per heavy atom. The van der Waals surface area contributed by atoms with E-state index in [1.165, 1.54) is 4.90 Å². The molecule has 0 atom stereocenters. The summed E-state index contributed by atoms with van der Waals surface area (Å²) in [6.45, 7) is 3.14. The van der Waals surface area contributed by atoms with Gasteiger partial charge in [0.1, 0.15) is 5.69 Å². The minimum absolute atomic E-state index is 0.232. The number of halogens is 3. The topological polar surface area (TPSA) is 28.2 Å². The zero-order valence-corrected chi connectivity index (χ0v) is 10.8. The number of thioether (sulfide) groups is 1. The quantitative estimate of drug-likeness (QED) is 0.859. The Labute approximate surface area is 108 Å². The molecule has 0 amide bonds. The molecule has 1 fully saturated rings. The van der Waals surface area contributed by atoms with Gasteiger partial charge in [-0.1, -0.05) is 0 Å². The van der Waals surface area contributed by atoms with Crippen molar-refractivity contribution in [2.45, 2.75) is 6.92 Å². The van der Waals surface area contributed by atoms with Crippen molar-refractivity contribution in [3.8, 4) is 0 Å². The molecule has 0 aliphatic carbocycles. The number of rotatable bonds is 3. The van der Waals surface area contributed by atoms with Crippen LogP contribution in [0.2, 0.25) is 0 Å². The van der Waals surface area contributed by atoms with Crippen LogP contribution in [0.1, 0.15) is 6.92 Å². The van der Waals surface area contributed by atoms with E-state index >= 15 is 0 Å². The van der Waals surface area contributed by atoms with Crippen molar-refractivity contribution in [1.82, 2.24) is 4.98 Å². The first-order valence-electron chi connectivity index (χ1n) is 5.76. The summed E-state index contributed by atoms with van der Waals surface area (Å²) in [5, 5.41) is 2.60. The largest absolute Gasteiger partial charge is 0.368 e. The second kappa shape index (κ2) is 5.69. The van der Waals surface area contributed by atoms with Gasteiger partial charge in [0.15, 0.2) is 11.6 Å². The lowest BCUT2D eigenvalue weighted by molar-refractivity contribution is 0.464. The molecule has 1 saturated heterocycles. The van der Waals surface area contributed by atoms with E-state index in [0.29, 0.717) is 19.6 Å². The molecule has 1 aromatic rings. The van der Waals surface area contributed by atoms with Crippen molar-refractivity contribution in [2.75, 3.05) is 41.4 Å². The molecule has 18 heavy (non-hydrogen) atoms. The third-order valence-corrected chi connectivity index (χ3v) is 3.63. The highest BCUT2D eigenvalue weighted by molar-refractivity contribution is 7.99. The summed E-state index contributed by atoms with van der Waals surface area (Å²) >= 11 is 1.71. The van der Waals surface area contributed by atoms with Gasteiger partial charge >= 0.3 is 0 Å². The Morgan fingerprint density at radius 2 is 1.89 bits per heavy atom. The maximum atomic E-state index is 14.1. The lowest BCUT2D eigenvalue weighted by atomic mass is 10.3. The molecule has 0 radical (unpaired) electrons. The fourth-order valence-corrected chi connectivity index (χ4v) is 2.75. The number of nitrogens with one attached hydrogen (secondary N) is 1. The van der Waals surface area contributed by atoms with Gasteiger partial charge in [0.05, 0.1) is 0 Å². The van der Waals surface area contributed by atoms with Gasteiger partial charge in [-0.2, -0.15) is 25.5 Å². The molecule has 0 saturated carbocycles. The number of aromatic nitrogens is 1. The molecule has 0 unspecified atom stereocenters. The summed E-state index contributed by atoms with van der Waals surface area (Å²) in [6.07, 6.45) is 0.